The number of aromatic nitrogens is 4. The number of aryl methyl sites for hydroxylation is 2. The highest BCUT2D eigenvalue weighted by atomic mass is 16.5. The average molecular weight is 334 g/mol. The normalized spacial score (nSPS) is 18.2. The third-order valence-corrected chi connectivity index (χ3v) is 4.14. The summed E-state index contributed by atoms with van der Waals surface area (Å²) in [5.41, 5.74) is 0. The molecule has 9 heteroatoms. The third-order valence-electron chi connectivity index (χ3n) is 4.14. The smallest absolute Gasteiger partial charge is 0.230 e. The first-order valence-corrected chi connectivity index (χ1v) is 8.15. The van der Waals surface area contributed by atoms with E-state index in [1.165, 1.54) is 0 Å². The summed E-state index contributed by atoms with van der Waals surface area (Å²) in [4.78, 5) is 20.4. The fourth-order valence-electron chi connectivity index (χ4n) is 2.95. The van der Waals surface area contributed by atoms with Crippen molar-refractivity contribution in [3.63, 3.8) is 0 Å². The minimum atomic E-state index is 0.0123. The predicted octanol–water partition coefficient (Wildman–Crippen LogP) is 0.946. The molecule has 0 radical (unpaired) electrons. The van der Waals surface area contributed by atoms with Gasteiger partial charge >= 0.3 is 0 Å². The lowest BCUT2D eigenvalue weighted by Gasteiger charge is -2.26. The van der Waals surface area contributed by atoms with Crippen LogP contribution in [-0.2, 0) is 24.3 Å². The second kappa shape index (κ2) is 7.08. The molecule has 0 aliphatic carbocycles. The number of rotatable bonds is 6. The molecule has 130 valence electrons. The number of likely N-dealkylation sites (tertiary alicyclic amines) is 1. The van der Waals surface area contributed by atoms with Crippen LogP contribution in [0.5, 0.6) is 0 Å². The van der Waals surface area contributed by atoms with Crippen molar-refractivity contribution in [2.24, 2.45) is 0 Å². The van der Waals surface area contributed by atoms with E-state index in [-0.39, 0.29) is 11.9 Å². The van der Waals surface area contributed by atoms with E-state index in [4.69, 9.17) is 8.94 Å². The minimum absolute atomic E-state index is 0.0123. The molecule has 1 saturated heterocycles. The topological polar surface area (TPSA) is 101 Å². The van der Waals surface area contributed by atoms with Gasteiger partial charge in [-0.15, -0.1) is 10.2 Å². The van der Waals surface area contributed by atoms with Gasteiger partial charge in [0.25, 0.3) is 0 Å². The molecule has 0 N–H and O–H groups in total. The zero-order valence-electron chi connectivity index (χ0n) is 14.2. The summed E-state index contributed by atoms with van der Waals surface area (Å²) in [5.74, 6) is 2.32. The molecule has 9 nitrogen and oxygen atoms in total. The first-order chi connectivity index (χ1) is 11.5. The average Bonchev–Trinajstić information content (AvgIpc) is 3.26. The van der Waals surface area contributed by atoms with Gasteiger partial charge in [0.05, 0.1) is 13.1 Å². The maximum absolute atomic E-state index is 12.1. The number of carbonyl (C=O) groups excluding carboxylic acids is 1. The zero-order chi connectivity index (χ0) is 17.1. The molecule has 24 heavy (non-hydrogen) atoms. The van der Waals surface area contributed by atoms with E-state index >= 15 is 0 Å². The molecule has 1 fully saturated rings. The van der Waals surface area contributed by atoms with Crippen LogP contribution < -0.4 is 0 Å². The molecule has 0 aromatic carbocycles. The van der Waals surface area contributed by atoms with Crippen molar-refractivity contribution in [2.75, 3.05) is 13.1 Å². The van der Waals surface area contributed by atoms with Crippen LogP contribution in [0.4, 0.5) is 0 Å². The Morgan fingerprint density at radius 1 is 1.38 bits per heavy atom. The summed E-state index contributed by atoms with van der Waals surface area (Å²) >= 11 is 0. The number of nitrogens with zero attached hydrogens (tertiary/aromatic N) is 6. The van der Waals surface area contributed by atoms with Gasteiger partial charge in [0, 0.05) is 39.4 Å². The third kappa shape index (κ3) is 3.78. The van der Waals surface area contributed by atoms with E-state index < -0.39 is 0 Å². The van der Waals surface area contributed by atoms with Crippen LogP contribution in [0.15, 0.2) is 8.94 Å². The number of hydrogen-bond donors (Lipinski definition) is 0. The first-order valence-electron chi connectivity index (χ1n) is 8.15. The van der Waals surface area contributed by atoms with Crippen LogP contribution in [0.3, 0.4) is 0 Å². The summed E-state index contributed by atoms with van der Waals surface area (Å²) in [6.07, 6.45) is 1.58. The highest BCUT2D eigenvalue weighted by Crippen LogP contribution is 2.19. The second-order valence-corrected chi connectivity index (χ2v) is 6.00. The fourth-order valence-corrected chi connectivity index (χ4v) is 2.95. The van der Waals surface area contributed by atoms with Crippen molar-refractivity contribution in [3.8, 4) is 0 Å². The molecular weight excluding hydrogens is 312 g/mol. The van der Waals surface area contributed by atoms with Crippen molar-refractivity contribution in [1.29, 1.82) is 0 Å². The van der Waals surface area contributed by atoms with Crippen LogP contribution in [0.1, 0.15) is 43.8 Å². The van der Waals surface area contributed by atoms with Gasteiger partial charge in [0.2, 0.25) is 23.6 Å². The maximum Gasteiger partial charge on any atom is 0.230 e. The Morgan fingerprint density at radius 2 is 2.21 bits per heavy atom. The van der Waals surface area contributed by atoms with Gasteiger partial charge in [-0.2, -0.15) is 4.98 Å². The molecule has 1 aliphatic rings. The monoisotopic (exact) mass is 334 g/mol. The van der Waals surface area contributed by atoms with Crippen LogP contribution in [-0.4, -0.2) is 55.2 Å². The molecule has 1 atom stereocenters. The highest BCUT2D eigenvalue weighted by Gasteiger charge is 2.31. The largest absolute Gasteiger partial charge is 0.424 e. The fraction of sp³-hybridized carbons (Fsp3) is 0.667. The Hall–Kier alpha value is -2.29. The standard InChI is InChI=1S/C15H22N6O3/c1-4-14-16-13(19-24-14)8-21(11(3)22)12-5-6-20(7-12)9-15-18-17-10(2)23-15/h12H,4-9H2,1-3H3/t12-/m1/s1. The Morgan fingerprint density at radius 3 is 2.83 bits per heavy atom. The van der Waals surface area contributed by atoms with Gasteiger partial charge in [0.1, 0.15) is 0 Å². The molecular formula is C15H22N6O3. The summed E-state index contributed by atoms with van der Waals surface area (Å²) in [5, 5.41) is 11.8. The van der Waals surface area contributed by atoms with Crippen LogP contribution in [0.25, 0.3) is 0 Å². The van der Waals surface area contributed by atoms with E-state index in [9.17, 15) is 4.79 Å². The van der Waals surface area contributed by atoms with Gasteiger partial charge in [-0.05, 0) is 6.42 Å². The molecule has 0 spiro atoms. The Kier molecular flexibility index (Phi) is 4.89. The molecule has 2 aromatic heterocycles. The molecule has 3 heterocycles. The lowest BCUT2D eigenvalue weighted by molar-refractivity contribution is -0.131. The van der Waals surface area contributed by atoms with Gasteiger partial charge in [0.15, 0.2) is 5.82 Å². The molecule has 2 aromatic rings. The maximum atomic E-state index is 12.1. The number of carbonyl (C=O) groups is 1. The van der Waals surface area contributed by atoms with Gasteiger partial charge in [-0.3, -0.25) is 9.69 Å². The summed E-state index contributed by atoms with van der Waals surface area (Å²) < 4.78 is 10.5. The SMILES string of the molecule is CCc1nc(CN(C(C)=O)[C@@H]2CCN(Cc3nnc(C)o3)C2)no1. The van der Waals surface area contributed by atoms with Crippen LogP contribution in [0.2, 0.25) is 0 Å². The van der Waals surface area contributed by atoms with Crippen LogP contribution >= 0.6 is 0 Å². The lowest BCUT2D eigenvalue weighted by atomic mass is 10.2. The summed E-state index contributed by atoms with van der Waals surface area (Å²) in [7, 11) is 0. The Labute approximate surface area is 140 Å². The molecule has 0 unspecified atom stereocenters. The van der Waals surface area contributed by atoms with Crippen molar-refractivity contribution >= 4 is 5.91 Å². The highest BCUT2D eigenvalue weighted by molar-refractivity contribution is 5.73. The van der Waals surface area contributed by atoms with Crippen molar-refractivity contribution in [1.82, 2.24) is 30.1 Å². The number of hydrogen-bond acceptors (Lipinski definition) is 8. The Balaban J connectivity index is 1.61. The van der Waals surface area contributed by atoms with E-state index in [2.05, 4.69) is 25.2 Å². The summed E-state index contributed by atoms with van der Waals surface area (Å²) in [6, 6.07) is 0.120. The predicted molar refractivity (Wildman–Crippen MR) is 82.6 cm³/mol. The molecule has 0 saturated carbocycles. The quantitative estimate of drug-likeness (QED) is 0.769. The van der Waals surface area contributed by atoms with Crippen molar-refractivity contribution < 1.29 is 13.7 Å². The summed E-state index contributed by atoms with van der Waals surface area (Å²) in [6.45, 7) is 7.92. The van der Waals surface area contributed by atoms with Gasteiger partial charge < -0.3 is 13.8 Å². The Bertz CT molecular complexity index is 697. The minimum Gasteiger partial charge on any atom is -0.424 e. The van der Waals surface area contributed by atoms with Crippen molar-refractivity contribution in [3.05, 3.63) is 23.5 Å². The molecule has 1 amide bonds. The molecule has 1 aliphatic heterocycles. The zero-order valence-corrected chi connectivity index (χ0v) is 14.2. The van der Waals surface area contributed by atoms with Gasteiger partial charge in [-0.25, -0.2) is 0 Å². The lowest BCUT2D eigenvalue weighted by Crippen LogP contribution is -2.40. The van der Waals surface area contributed by atoms with Crippen molar-refractivity contribution in [2.45, 2.75) is 52.7 Å². The van der Waals surface area contributed by atoms with E-state index in [1.54, 1.807) is 13.8 Å². The molecule has 3 rings (SSSR count). The first kappa shape index (κ1) is 16.6. The van der Waals surface area contributed by atoms with Crippen LogP contribution in [0, 0.1) is 6.92 Å². The van der Waals surface area contributed by atoms with E-state index in [0.29, 0.717) is 43.0 Å². The van der Waals surface area contributed by atoms with E-state index in [0.717, 1.165) is 19.5 Å². The molecule has 0 bridgehead atoms. The van der Waals surface area contributed by atoms with E-state index in [1.807, 2.05) is 11.8 Å². The number of amides is 1. The van der Waals surface area contributed by atoms with Gasteiger partial charge in [-0.1, -0.05) is 12.1 Å². The second-order valence-electron chi connectivity index (χ2n) is 6.00.